The van der Waals surface area contributed by atoms with Crippen molar-refractivity contribution < 1.29 is 27.2 Å². The van der Waals surface area contributed by atoms with Crippen molar-refractivity contribution in [2.24, 2.45) is 0 Å². The molecule has 4 aromatic carbocycles. The minimum absolute atomic E-state index is 0.0666. The lowest BCUT2D eigenvalue weighted by Crippen LogP contribution is -2.23. The SMILES string of the molecule is COc1ccccc1[S+](c1ccc(OC(C)(C)C)cc1)c1ccc(OC(C)(C)C)cc1.Cc1ccc(S(=O)(=O)O)cc1. The summed E-state index contributed by atoms with van der Waals surface area (Å²) in [4.78, 5) is 3.49. The lowest BCUT2D eigenvalue weighted by molar-refractivity contribution is 0.130. The molecule has 4 aromatic rings. The van der Waals surface area contributed by atoms with Gasteiger partial charge in [0.2, 0.25) is 4.90 Å². The van der Waals surface area contributed by atoms with Gasteiger partial charge in [0.05, 0.1) is 12.0 Å². The number of rotatable bonds is 7. The molecule has 8 heteroatoms. The maximum atomic E-state index is 10.5. The van der Waals surface area contributed by atoms with Gasteiger partial charge in [-0.05, 0) is 121 Å². The molecule has 1 N–H and O–H groups in total. The number of methoxy groups -OCH3 is 1. The Labute approximate surface area is 253 Å². The first-order valence-electron chi connectivity index (χ1n) is 13.6. The van der Waals surface area contributed by atoms with E-state index in [2.05, 4.69) is 77.9 Å². The summed E-state index contributed by atoms with van der Waals surface area (Å²) in [5, 5.41) is 0. The number of hydrogen-bond acceptors (Lipinski definition) is 5. The Hall–Kier alpha value is -3.46. The molecule has 6 nitrogen and oxygen atoms in total. The third-order valence-corrected chi connectivity index (χ3v) is 8.71. The summed E-state index contributed by atoms with van der Waals surface area (Å²) in [6.45, 7) is 14.2. The first kappa shape index (κ1) is 33.0. The van der Waals surface area contributed by atoms with E-state index in [1.807, 2.05) is 43.3 Å². The molecule has 4 rings (SSSR count). The van der Waals surface area contributed by atoms with Crippen LogP contribution in [0.5, 0.6) is 17.2 Å². The zero-order valence-electron chi connectivity index (χ0n) is 25.5. The van der Waals surface area contributed by atoms with Crippen LogP contribution < -0.4 is 14.2 Å². The number of para-hydroxylation sites is 1. The second-order valence-electron chi connectivity index (χ2n) is 11.6. The normalized spacial score (nSPS) is 11.9. The van der Waals surface area contributed by atoms with E-state index in [0.717, 1.165) is 27.7 Å². The van der Waals surface area contributed by atoms with Crippen molar-refractivity contribution in [1.82, 2.24) is 0 Å². The monoisotopic (exact) mass is 609 g/mol. The summed E-state index contributed by atoms with van der Waals surface area (Å²) in [7, 11) is -2.62. The molecule has 224 valence electrons. The highest BCUT2D eigenvalue weighted by Crippen LogP contribution is 2.38. The van der Waals surface area contributed by atoms with Gasteiger partial charge in [-0.2, -0.15) is 8.42 Å². The quantitative estimate of drug-likeness (QED) is 0.167. The van der Waals surface area contributed by atoms with Crippen LogP contribution in [0.3, 0.4) is 0 Å². The molecule has 0 radical (unpaired) electrons. The Kier molecular flexibility index (Phi) is 10.8. The minimum Gasteiger partial charge on any atom is -0.491 e. The van der Waals surface area contributed by atoms with Crippen LogP contribution in [0.4, 0.5) is 0 Å². The lowest BCUT2D eigenvalue weighted by atomic mass is 10.2. The van der Waals surface area contributed by atoms with E-state index in [-0.39, 0.29) is 27.0 Å². The van der Waals surface area contributed by atoms with E-state index < -0.39 is 10.1 Å². The molecule has 0 saturated carbocycles. The molecule has 0 aliphatic rings. The largest absolute Gasteiger partial charge is 0.491 e. The number of hydrogen-bond donors (Lipinski definition) is 1. The predicted octanol–water partition coefficient (Wildman–Crippen LogP) is 8.39. The van der Waals surface area contributed by atoms with Gasteiger partial charge >= 0.3 is 0 Å². The van der Waals surface area contributed by atoms with Gasteiger partial charge in [-0.3, -0.25) is 4.55 Å². The zero-order valence-corrected chi connectivity index (χ0v) is 27.2. The second-order valence-corrected chi connectivity index (χ2v) is 15.0. The van der Waals surface area contributed by atoms with Crippen LogP contribution in [0, 0.1) is 6.92 Å². The molecular weight excluding hydrogens is 569 g/mol. The van der Waals surface area contributed by atoms with Crippen LogP contribution >= 0.6 is 0 Å². The smallest absolute Gasteiger partial charge is 0.294 e. The summed E-state index contributed by atoms with van der Waals surface area (Å²) in [5.41, 5.74) is 0.501. The number of benzene rings is 4. The van der Waals surface area contributed by atoms with Gasteiger partial charge in [0.15, 0.2) is 15.5 Å². The van der Waals surface area contributed by atoms with Crippen molar-refractivity contribution in [3.63, 3.8) is 0 Å². The maximum absolute atomic E-state index is 10.5. The van der Waals surface area contributed by atoms with Gasteiger partial charge in [0, 0.05) is 0 Å². The molecule has 0 aliphatic heterocycles. The Morgan fingerprint density at radius 2 is 1.07 bits per heavy atom. The third kappa shape index (κ3) is 10.1. The Morgan fingerprint density at radius 1 is 0.643 bits per heavy atom. The highest BCUT2D eigenvalue weighted by atomic mass is 32.2. The Bertz CT molecular complexity index is 1470. The molecule has 0 fully saturated rings. The fraction of sp³-hybridized carbons (Fsp3) is 0.294. The average Bonchev–Trinajstić information content (AvgIpc) is 2.89. The van der Waals surface area contributed by atoms with Gasteiger partial charge in [-0.25, -0.2) is 0 Å². The van der Waals surface area contributed by atoms with Crippen LogP contribution in [0.15, 0.2) is 117 Å². The van der Waals surface area contributed by atoms with Crippen LogP contribution in [0.2, 0.25) is 0 Å². The Balaban J connectivity index is 0.000000369. The number of aryl methyl sites for hydroxylation is 1. The summed E-state index contributed by atoms with van der Waals surface area (Å²) in [6.07, 6.45) is 0. The van der Waals surface area contributed by atoms with Gasteiger partial charge in [0.25, 0.3) is 10.1 Å². The molecule has 0 spiro atoms. The van der Waals surface area contributed by atoms with E-state index in [0.29, 0.717) is 0 Å². The first-order valence-corrected chi connectivity index (χ1v) is 16.2. The van der Waals surface area contributed by atoms with Crippen LogP contribution in [-0.4, -0.2) is 31.3 Å². The molecule has 0 amide bonds. The molecule has 0 unspecified atom stereocenters. The molecule has 42 heavy (non-hydrogen) atoms. The molecule has 0 atom stereocenters. The first-order chi connectivity index (χ1) is 19.6. The molecule has 0 heterocycles. The van der Waals surface area contributed by atoms with Gasteiger partial charge in [-0.1, -0.05) is 29.8 Å². The number of ether oxygens (including phenoxy) is 3. The van der Waals surface area contributed by atoms with E-state index in [1.165, 1.54) is 21.9 Å². The van der Waals surface area contributed by atoms with Gasteiger partial charge in [-0.15, -0.1) is 0 Å². The van der Waals surface area contributed by atoms with Crippen molar-refractivity contribution in [2.45, 2.75) is 79.3 Å². The topological polar surface area (TPSA) is 82.1 Å². The standard InChI is InChI=1S/C27H33O3S.C7H8O3S/c1-26(2,3)29-20-12-16-22(17-13-20)31(25-11-9-8-10-24(25)28-7)23-18-14-21(15-19-23)30-27(4,5)6;1-6-2-4-7(5-3-6)11(8,9)10/h8-19H,1-7H3;2-5H,1H3,(H,8,9,10)/q+1;. The zero-order chi connectivity index (χ0) is 31.1. The Morgan fingerprint density at radius 3 is 1.45 bits per heavy atom. The maximum Gasteiger partial charge on any atom is 0.294 e. The van der Waals surface area contributed by atoms with Gasteiger partial charge in [0.1, 0.15) is 33.6 Å². The van der Waals surface area contributed by atoms with E-state index in [9.17, 15) is 8.42 Å². The fourth-order valence-electron chi connectivity index (χ4n) is 3.88. The minimum atomic E-state index is -4.02. The molecule has 0 aromatic heterocycles. The summed E-state index contributed by atoms with van der Waals surface area (Å²) < 4.78 is 47.3. The van der Waals surface area contributed by atoms with Crippen LogP contribution in [0.25, 0.3) is 0 Å². The van der Waals surface area contributed by atoms with E-state index in [4.69, 9.17) is 18.8 Å². The summed E-state index contributed by atoms with van der Waals surface area (Å²) in [6, 6.07) is 31.0. The van der Waals surface area contributed by atoms with Crippen LogP contribution in [0.1, 0.15) is 47.1 Å². The third-order valence-electron chi connectivity index (χ3n) is 5.57. The molecule has 0 aliphatic carbocycles. The van der Waals surface area contributed by atoms with Crippen molar-refractivity contribution in [1.29, 1.82) is 0 Å². The summed E-state index contributed by atoms with van der Waals surface area (Å²) >= 11 is 0. The predicted molar refractivity (Wildman–Crippen MR) is 170 cm³/mol. The van der Waals surface area contributed by atoms with Gasteiger partial charge < -0.3 is 14.2 Å². The molecule has 0 saturated heterocycles. The van der Waals surface area contributed by atoms with Crippen molar-refractivity contribution in [3.05, 3.63) is 103 Å². The highest BCUT2D eigenvalue weighted by Gasteiger charge is 2.32. The van der Waals surface area contributed by atoms with Crippen molar-refractivity contribution in [2.75, 3.05) is 7.11 Å². The van der Waals surface area contributed by atoms with E-state index >= 15 is 0 Å². The average molecular weight is 610 g/mol. The highest BCUT2D eigenvalue weighted by molar-refractivity contribution is 7.97. The van der Waals surface area contributed by atoms with Crippen molar-refractivity contribution >= 4 is 21.0 Å². The summed E-state index contributed by atoms with van der Waals surface area (Å²) in [5.74, 6) is 2.62. The van der Waals surface area contributed by atoms with Crippen LogP contribution in [-0.2, 0) is 21.0 Å². The molecule has 0 bridgehead atoms. The fourth-order valence-corrected chi connectivity index (χ4v) is 6.53. The van der Waals surface area contributed by atoms with Crippen molar-refractivity contribution in [3.8, 4) is 17.2 Å². The second kappa shape index (κ2) is 13.7. The lowest BCUT2D eigenvalue weighted by Gasteiger charge is -2.21. The van der Waals surface area contributed by atoms with E-state index in [1.54, 1.807) is 19.2 Å². The molecular formula is C34H41O6S2+.